The van der Waals surface area contributed by atoms with E-state index in [0.717, 1.165) is 24.5 Å². The number of nitrogens with one attached hydrogen (secondary N) is 1. The van der Waals surface area contributed by atoms with E-state index in [2.05, 4.69) is 23.6 Å². The van der Waals surface area contributed by atoms with Crippen molar-refractivity contribution in [2.24, 2.45) is 5.84 Å². The lowest BCUT2D eigenvalue weighted by molar-refractivity contribution is 0.348. The fraction of sp³-hybridized carbons (Fsp3) is 0.538. The summed E-state index contributed by atoms with van der Waals surface area (Å²) in [7, 11) is 0. The van der Waals surface area contributed by atoms with E-state index in [0.29, 0.717) is 5.25 Å². The fourth-order valence-electron chi connectivity index (χ4n) is 2.58. The van der Waals surface area contributed by atoms with Gasteiger partial charge < -0.3 is 4.74 Å². The number of ether oxygens (including phenoxy) is 1. The monoisotopic (exact) mass is 282 g/mol. The summed E-state index contributed by atoms with van der Waals surface area (Å²) < 4.78 is 5.79. The maximum Gasteiger partial charge on any atom is 0.127 e. The first-order chi connectivity index (χ1) is 8.90. The lowest BCUT2D eigenvalue weighted by atomic mass is 10.0. The number of benzene rings is 1. The molecule has 0 amide bonds. The number of thioether (sulfide) groups is 2. The van der Waals surface area contributed by atoms with Gasteiger partial charge in [-0.05, 0) is 5.56 Å². The highest BCUT2D eigenvalue weighted by molar-refractivity contribution is 8.06. The lowest BCUT2D eigenvalue weighted by Gasteiger charge is -2.30. The smallest absolute Gasteiger partial charge is 0.127 e. The van der Waals surface area contributed by atoms with Crippen LogP contribution >= 0.6 is 23.5 Å². The molecule has 2 heterocycles. The molecule has 2 atom stereocenters. The molecule has 0 aromatic heterocycles. The Kier molecular flexibility index (Phi) is 4.03. The average molecular weight is 282 g/mol. The van der Waals surface area contributed by atoms with Crippen LogP contribution in [-0.4, -0.2) is 29.1 Å². The molecular weight excluding hydrogens is 264 g/mol. The third-order valence-electron chi connectivity index (χ3n) is 3.47. The summed E-state index contributed by atoms with van der Waals surface area (Å²) in [5.41, 5.74) is 5.55. The number of hydrogen-bond donors (Lipinski definition) is 2. The molecule has 0 aliphatic carbocycles. The number of para-hydroxylation sites is 1. The van der Waals surface area contributed by atoms with E-state index < -0.39 is 0 Å². The SMILES string of the molecule is NNC(c1cccc2c1OCC2)C1CSCCS1. The van der Waals surface area contributed by atoms with Gasteiger partial charge in [0.15, 0.2) is 0 Å². The van der Waals surface area contributed by atoms with Crippen molar-refractivity contribution in [3.8, 4) is 5.75 Å². The molecule has 18 heavy (non-hydrogen) atoms. The van der Waals surface area contributed by atoms with Crippen LogP contribution in [0.2, 0.25) is 0 Å². The molecule has 1 aromatic carbocycles. The van der Waals surface area contributed by atoms with Gasteiger partial charge in [-0.1, -0.05) is 18.2 Å². The third kappa shape index (κ3) is 2.37. The Bertz CT molecular complexity index is 421. The number of fused-ring (bicyclic) bond motifs is 1. The van der Waals surface area contributed by atoms with Crippen molar-refractivity contribution < 1.29 is 4.74 Å². The molecule has 98 valence electrons. The molecule has 3 N–H and O–H groups in total. The maximum atomic E-state index is 5.80. The van der Waals surface area contributed by atoms with E-state index in [4.69, 9.17) is 10.6 Å². The van der Waals surface area contributed by atoms with Crippen molar-refractivity contribution in [1.82, 2.24) is 5.43 Å². The molecule has 1 aromatic rings. The largest absolute Gasteiger partial charge is 0.493 e. The normalized spacial score (nSPS) is 24.4. The molecule has 0 bridgehead atoms. The lowest BCUT2D eigenvalue weighted by Crippen LogP contribution is -2.37. The first-order valence-corrected chi connectivity index (χ1v) is 8.50. The standard InChI is InChI=1S/C13H18N2OS2/c14-15-12(11-8-17-6-7-18-11)10-3-1-2-9-4-5-16-13(9)10/h1-3,11-12,15H,4-8,14H2. The van der Waals surface area contributed by atoms with E-state index >= 15 is 0 Å². The van der Waals surface area contributed by atoms with E-state index in [9.17, 15) is 0 Å². The second-order valence-electron chi connectivity index (χ2n) is 4.56. The van der Waals surface area contributed by atoms with Gasteiger partial charge in [0.25, 0.3) is 0 Å². The van der Waals surface area contributed by atoms with Crippen molar-refractivity contribution in [2.75, 3.05) is 23.9 Å². The van der Waals surface area contributed by atoms with Crippen LogP contribution in [0.15, 0.2) is 18.2 Å². The van der Waals surface area contributed by atoms with Gasteiger partial charge in [0, 0.05) is 34.5 Å². The summed E-state index contributed by atoms with van der Waals surface area (Å²) in [6.07, 6.45) is 1.02. The molecule has 0 saturated carbocycles. The van der Waals surface area contributed by atoms with Gasteiger partial charge in [-0.25, -0.2) is 0 Å². The third-order valence-corrected chi connectivity index (χ3v) is 6.34. The number of rotatable bonds is 3. The average Bonchev–Trinajstić information content (AvgIpc) is 2.90. The second kappa shape index (κ2) is 5.74. The van der Waals surface area contributed by atoms with E-state index in [1.165, 1.54) is 22.6 Å². The van der Waals surface area contributed by atoms with Gasteiger partial charge in [0.05, 0.1) is 12.6 Å². The van der Waals surface area contributed by atoms with E-state index in [1.807, 2.05) is 23.5 Å². The molecule has 3 rings (SSSR count). The van der Waals surface area contributed by atoms with Gasteiger partial charge in [-0.3, -0.25) is 11.3 Å². The van der Waals surface area contributed by atoms with Crippen molar-refractivity contribution in [3.05, 3.63) is 29.3 Å². The number of hydrazine groups is 1. The minimum absolute atomic E-state index is 0.191. The van der Waals surface area contributed by atoms with Crippen LogP contribution < -0.4 is 16.0 Å². The molecule has 3 nitrogen and oxygen atoms in total. The van der Waals surface area contributed by atoms with Gasteiger partial charge >= 0.3 is 0 Å². The molecule has 0 radical (unpaired) electrons. The molecule has 5 heteroatoms. The molecular formula is C13H18N2OS2. The Morgan fingerprint density at radius 1 is 1.39 bits per heavy atom. The summed E-state index contributed by atoms with van der Waals surface area (Å²) >= 11 is 4.03. The first kappa shape index (κ1) is 12.7. The predicted octanol–water partition coefficient (Wildman–Crippen LogP) is 1.97. The van der Waals surface area contributed by atoms with Crippen LogP contribution in [0.1, 0.15) is 17.2 Å². The second-order valence-corrected chi connectivity index (χ2v) is 7.06. The quantitative estimate of drug-likeness (QED) is 0.656. The summed E-state index contributed by atoms with van der Waals surface area (Å²) in [5, 5.41) is 0.532. The highest BCUT2D eigenvalue weighted by Gasteiger charge is 2.29. The minimum atomic E-state index is 0.191. The Balaban J connectivity index is 1.89. The molecule has 2 aliphatic heterocycles. The molecule has 2 unspecified atom stereocenters. The summed E-state index contributed by atoms with van der Waals surface area (Å²) in [4.78, 5) is 0. The zero-order valence-corrected chi connectivity index (χ0v) is 11.9. The van der Waals surface area contributed by atoms with Crippen molar-refractivity contribution in [2.45, 2.75) is 17.7 Å². The van der Waals surface area contributed by atoms with Crippen LogP contribution in [0.4, 0.5) is 0 Å². The van der Waals surface area contributed by atoms with Crippen LogP contribution in [0.25, 0.3) is 0 Å². The highest BCUT2D eigenvalue weighted by Crippen LogP contribution is 2.39. The Labute approximate surface area is 116 Å². The van der Waals surface area contributed by atoms with Crippen LogP contribution in [0.5, 0.6) is 5.75 Å². The highest BCUT2D eigenvalue weighted by atomic mass is 32.2. The zero-order valence-electron chi connectivity index (χ0n) is 10.2. The van der Waals surface area contributed by atoms with Gasteiger partial charge in [-0.15, -0.1) is 0 Å². The number of hydrogen-bond acceptors (Lipinski definition) is 5. The Morgan fingerprint density at radius 2 is 2.33 bits per heavy atom. The molecule has 2 aliphatic rings. The van der Waals surface area contributed by atoms with Crippen LogP contribution in [-0.2, 0) is 6.42 Å². The van der Waals surface area contributed by atoms with E-state index in [1.54, 1.807) is 0 Å². The molecule has 1 saturated heterocycles. The summed E-state index contributed by atoms with van der Waals surface area (Å²) in [6, 6.07) is 6.61. The maximum absolute atomic E-state index is 5.80. The van der Waals surface area contributed by atoms with Crippen molar-refractivity contribution in [1.29, 1.82) is 0 Å². The Morgan fingerprint density at radius 3 is 3.11 bits per heavy atom. The Hall–Kier alpha value is -0.360. The zero-order chi connectivity index (χ0) is 12.4. The van der Waals surface area contributed by atoms with Gasteiger partial charge in [0.2, 0.25) is 0 Å². The first-order valence-electron chi connectivity index (χ1n) is 6.30. The topological polar surface area (TPSA) is 47.3 Å². The van der Waals surface area contributed by atoms with Gasteiger partial charge in [-0.2, -0.15) is 23.5 Å². The van der Waals surface area contributed by atoms with Gasteiger partial charge in [0.1, 0.15) is 5.75 Å². The van der Waals surface area contributed by atoms with Crippen LogP contribution in [0.3, 0.4) is 0 Å². The van der Waals surface area contributed by atoms with Crippen molar-refractivity contribution >= 4 is 23.5 Å². The number of nitrogens with two attached hydrogens (primary N) is 1. The van der Waals surface area contributed by atoms with Crippen molar-refractivity contribution in [3.63, 3.8) is 0 Å². The summed E-state index contributed by atoms with van der Waals surface area (Å²) in [6.45, 7) is 0.802. The molecule has 1 fully saturated rings. The minimum Gasteiger partial charge on any atom is -0.493 e. The van der Waals surface area contributed by atoms with Crippen LogP contribution in [0, 0.1) is 0 Å². The molecule has 0 spiro atoms. The fourth-order valence-corrected chi connectivity index (χ4v) is 5.42. The van der Waals surface area contributed by atoms with E-state index in [-0.39, 0.29) is 6.04 Å². The predicted molar refractivity (Wildman–Crippen MR) is 79.3 cm³/mol. The summed E-state index contributed by atoms with van der Waals surface area (Å²) in [5.74, 6) is 10.5.